The summed E-state index contributed by atoms with van der Waals surface area (Å²) >= 11 is 0. The zero-order valence-electron chi connectivity index (χ0n) is 9.73. The molecule has 3 N–H and O–H groups in total. The van der Waals surface area contributed by atoms with E-state index < -0.39 is 0 Å². The van der Waals surface area contributed by atoms with Crippen LogP contribution in [-0.4, -0.2) is 23.1 Å². The fourth-order valence-electron chi connectivity index (χ4n) is 1.05. The van der Waals surface area contributed by atoms with Crippen LogP contribution in [0.4, 0.5) is 11.5 Å². The normalized spacial score (nSPS) is 10.2. The van der Waals surface area contributed by atoms with E-state index in [4.69, 9.17) is 10.5 Å². The number of nitrogens with two attached hydrogens (primary N) is 1. The Morgan fingerprint density at radius 2 is 2.31 bits per heavy atom. The summed E-state index contributed by atoms with van der Waals surface area (Å²) in [5.41, 5.74) is 6.30. The van der Waals surface area contributed by atoms with Crippen LogP contribution in [0.5, 0.6) is 5.88 Å². The Labute approximate surface area is 95.7 Å². The van der Waals surface area contributed by atoms with E-state index in [9.17, 15) is 0 Å². The molecule has 0 aliphatic rings. The number of nitrogens with one attached hydrogen (secondary N) is 1. The average molecular weight is 222 g/mol. The molecule has 1 rings (SSSR count). The van der Waals surface area contributed by atoms with E-state index in [1.807, 2.05) is 0 Å². The summed E-state index contributed by atoms with van der Waals surface area (Å²) in [7, 11) is 0. The molecule has 1 aromatic rings. The van der Waals surface area contributed by atoms with Gasteiger partial charge < -0.3 is 15.8 Å². The van der Waals surface area contributed by atoms with Crippen LogP contribution in [-0.2, 0) is 0 Å². The lowest BCUT2D eigenvalue weighted by Crippen LogP contribution is -2.10. The number of hydrogen-bond donors (Lipinski definition) is 2. The lowest BCUT2D eigenvalue weighted by atomic mass is 10.2. The van der Waals surface area contributed by atoms with Gasteiger partial charge in [-0.25, -0.2) is 4.98 Å². The lowest BCUT2D eigenvalue weighted by Gasteiger charge is -2.12. The Morgan fingerprint density at radius 3 is 2.94 bits per heavy atom. The topological polar surface area (TPSA) is 73.1 Å². The van der Waals surface area contributed by atoms with E-state index in [1.54, 1.807) is 6.08 Å². The number of anilines is 2. The van der Waals surface area contributed by atoms with Crippen LogP contribution in [0.3, 0.4) is 0 Å². The van der Waals surface area contributed by atoms with Gasteiger partial charge in [-0.2, -0.15) is 4.98 Å². The van der Waals surface area contributed by atoms with Gasteiger partial charge in [-0.05, 0) is 5.92 Å². The second-order valence-corrected chi connectivity index (χ2v) is 3.82. The minimum Gasteiger partial charge on any atom is -0.476 e. The van der Waals surface area contributed by atoms with Gasteiger partial charge >= 0.3 is 0 Å². The van der Waals surface area contributed by atoms with Gasteiger partial charge in [-0.1, -0.05) is 19.9 Å². The number of aromatic nitrogens is 2. The van der Waals surface area contributed by atoms with Crippen molar-refractivity contribution in [2.45, 2.75) is 13.8 Å². The molecule has 0 bridgehead atoms. The van der Waals surface area contributed by atoms with Crippen molar-refractivity contribution in [2.24, 2.45) is 5.92 Å². The third-order valence-corrected chi connectivity index (χ3v) is 1.81. The molecule has 0 atom stereocenters. The maximum atomic E-state index is 5.86. The van der Waals surface area contributed by atoms with E-state index in [-0.39, 0.29) is 0 Å². The Balaban J connectivity index is 2.73. The van der Waals surface area contributed by atoms with Gasteiger partial charge in [-0.3, -0.25) is 0 Å². The molecule has 0 aromatic carbocycles. The Morgan fingerprint density at radius 1 is 1.56 bits per heavy atom. The minimum absolute atomic E-state index is 0.426. The zero-order chi connectivity index (χ0) is 12.0. The first kappa shape index (κ1) is 12.3. The summed E-state index contributed by atoms with van der Waals surface area (Å²) in [4.78, 5) is 8.02. The van der Waals surface area contributed by atoms with Gasteiger partial charge in [0.05, 0.1) is 6.61 Å². The van der Waals surface area contributed by atoms with Crippen molar-refractivity contribution >= 4 is 11.5 Å². The highest BCUT2D eigenvalue weighted by Gasteiger charge is 2.08. The van der Waals surface area contributed by atoms with E-state index in [2.05, 4.69) is 35.7 Å². The fourth-order valence-corrected chi connectivity index (χ4v) is 1.05. The monoisotopic (exact) mass is 222 g/mol. The predicted octanol–water partition coefficient (Wildman–Crippen LogP) is 1.69. The van der Waals surface area contributed by atoms with Crippen LogP contribution in [0.2, 0.25) is 0 Å². The smallest absolute Gasteiger partial charge is 0.242 e. The molecule has 0 saturated heterocycles. The van der Waals surface area contributed by atoms with E-state index in [1.165, 1.54) is 6.33 Å². The van der Waals surface area contributed by atoms with Crippen LogP contribution in [0.1, 0.15) is 13.8 Å². The number of hydrogen-bond acceptors (Lipinski definition) is 5. The third kappa shape index (κ3) is 3.42. The Kier molecular flexibility index (Phi) is 4.57. The summed E-state index contributed by atoms with van der Waals surface area (Å²) < 4.78 is 5.48. The van der Waals surface area contributed by atoms with Crippen LogP contribution in [0.25, 0.3) is 0 Å². The summed E-state index contributed by atoms with van der Waals surface area (Å²) in [5, 5.41) is 3.02. The van der Waals surface area contributed by atoms with Crippen molar-refractivity contribution < 1.29 is 4.74 Å². The quantitative estimate of drug-likeness (QED) is 0.716. The second kappa shape index (κ2) is 5.95. The first-order valence-corrected chi connectivity index (χ1v) is 5.23. The zero-order valence-corrected chi connectivity index (χ0v) is 9.73. The van der Waals surface area contributed by atoms with E-state index in [0.29, 0.717) is 36.5 Å². The summed E-state index contributed by atoms with van der Waals surface area (Å²) in [6, 6.07) is 0. The maximum absolute atomic E-state index is 5.86. The molecule has 5 heteroatoms. The van der Waals surface area contributed by atoms with Crippen molar-refractivity contribution in [3.63, 3.8) is 0 Å². The summed E-state index contributed by atoms with van der Waals surface area (Å²) in [6.45, 7) is 8.92. The largest absolute Gasteiger partial charge is 0.476 e. The van der Waals surface area contributed by atoms with E-state index >= 15 is 0 Å². The molecule has 5 nitrogen and oxygen atoms in total. The highest BCUT2D eigenvalue weighted by atomic mass is 16.5. The molecule has 0 radical (unpaired) electrons. The summed E-state index contributed by atoms with van der Waals surface area (Å²) in [6.07, 6.45) is 3.16. The van der Waals surface area contributed by atoms with Crippen LogP contribution in [0, 0.1) is 5.92 Å². The molecule has 1 heterocycles. The first-order valence-electron chi connectivity index (χ1n) is 5.23. The highest BCUT2D eigenvalue weighted by Crippen LogP contribution is 2.24. The van der Waals surface area contributed by atoms with Crippen molar-refractivity contribution in [2.75, 3.05) is 24.2 Å². The molecule has 88 valence electrons. The van der Waals surface area contributed by atoms with Crippen molar-refractivity contribution in [3.8, 4) is 5.88 Å². The fraction of sp³-hybridized carbons (Fsp3) is 0.455. The molecule has 0 fully saturated rings. The molecular formula is C11H18N4O. The molecule has 0 amide bonds. The van der Waals surface area contributed by atoms with Gasteiger partial charge in [0, 0.05) is 6.54 Å². The minimum atomic E-state index is 0.426. The molecule has 0 unspecified atom stereocenters. The standard InChI is InChI=1S/C11H18N4O/c1-4-5-13-10-9(12)11(15-7-14-10)16-6-8(2)3/h4,7-8H,1,5-6,12H2,2-3H3,(H,13,14,15). The molecular weight excluding hydrogens is 204 g/mol. The van der Waals surface area contributed by atoms with Crippen LogP contribution < -0.4 is 15.8 Å². The van der Waals surface area contributed by atoms with Crippen molar-refractivity contribution in [1.29, 1.82) is 0 Å². The van der Waals surface area contributed by atoms with E-state index in [0.717, 1.165) is 0 Å². The van der Waals surface area contributed by atoms with Crippen molar-refractivity contribution in [3.05, 3.63) is 19.0 Å². The molecule has 16 heavy (non-hydrogen) atoms. The maximum Gasteiger partial charge on any atom is 0.242 e. The number of rotatable bonds is 6. The SMILES string of the molecule is C=CCNc1ncnc(OCC(C)C)c1N. The third-order valence-electron chi connectivity index (χ3n) is 1.81. The number of nitrogen functional groups attached to an aromatic ring is 1. The molecule has 0 aliphatic carbocycles. The average Bonchev–Trinajstić information content (AvgIpc) is 2.26. The van der Waals surface area contributed by atoms with Gasteiger partial charge in [0.2, 0.25) is 5.88 Å². The van der Waals surface area contributed by atoms with Gasteiger partial charge in [-0.15, -0.1) is 6.58 Å². The summed E-state index contributed by atoms with van der Waals surface area (Å²) in [5.74, 6) is 1.43. The molecule has 1 aromatic heterocycles. The predicted molar refractivity (Wildman–Crippen MR) is 65.5 cm³/mol. The number of nitrogens with zero attached hydrogens (tertiary/aromatic N) is 2. The first-order chi connectivity index (χ1) is 7.65. The molecule has 0 saturated carbocycles. The van der Waals surface area contributed by atoms with Gasteiger partial charge in [0.15, 0.2) is 5.82 Å². The molecule has 0 spiro atoms. The van der Waals surface area contributed by atoms with Gasteiger partial charge in [0.25, 0.3) is 0 Å². The van der Waals surface area contributed by atoms with Crippen LogP contribution in [0.15, 0.2) is 19.0 Å². The molecule has 0 aliphatic heterocycles. The second-order valence-electron chi connectivity index (χ2n) is 3.82. The van der Waals surface area contributed by atoms with Gasteiger partial charge in [0.1, 0.15) is 12.0 Å². The Bertz CT molecular complexity index is 352. The lowest BCUT2D eigenvalue weighted by molar-refractivity contribution is 0.262. The Hall–Kier alpha value is -1.78. The van der Waals surface area contributed by atoms with Crippen LogP contribution >= 0.6 is 0 Å². The highest BCUT2D eigenvalue weighted by molar-refractivity contribution is 5.66. The number of ether oxygens (including phenoxy) is 1. The van der Waals surface area contributed by atoms with Crippen molar-refractivity contribution in [1.82, 2.24) is 9.97 Å².